The van der Waals surface area contributed by atoms with Gasteiger partial charge in [0, 0.05) is 52.4 Å². The second-order valence-corrected chi connectivity index (χ2v) is 9.33. The summed E-state index contributed by atoms with van der Waals surface area (Å²) in [5.74, 6) is 0. The summed E-state index contributed by atoms with van der Waals surface area (Å²) in [6.07, 6.45) is -0.851. The van der Waals surface area contributed by atoms with Crippen molar-refractivity contribution in [3.63, 3.8) is 0 Å². The van der Waals surface area contributed by atoms with Crippen LogP contribution in [0.1, 0.15) is 26.3 Å². The monoisotopic (exact) mass is 494 g/mol. The zero-order valence-electron chi connectivity index (χ0n) is 21.4. The molecule has 198 valence electrons. The minimum Gasteiger partial charge on any atom is -0.445 e. The zero-order valence-corrected chi connectivity index (χ0v) is 21.4. The predicted molar refractivity (Wildman–Crippen MR) is 133 cm³/mol. The number of nitrogens with one attached hydrogen (secondary N) is 2. The number of benzene rings is 1. The van der Waals surface area contributed by atoms with Gasteiger partial charge in [0.25, 0.3) is 0 Å². The van der Waals surface area contributed by atoms with E-state index in [0.717, 1.165) is 44.8 Å². The van der Waals surface area contributed by atoms with Crippen LogP contribution in [0.25, 0.3) is 0 Å². The molecule has 2 rings (SSSR count). The van der Waals surface area contributed by atoms with E-state index < -0.39 is 17.8 Å². The highest BCUT2D eigenvalue weighted by Gasteiger charge is 2.17. The Morgan fingerprint density at radius 1 is 0.800 bits per heavy atom. The molecule has 0 spiro atoms. The molecule has 0 atom stereocenters. The van der Waals surface area contributed by atoms with E-state index in [1.807, 2.05) is 51.1 Å². The van der Waals surface area contributed by atoms with Crippen LogP contribution in [0, 0.1) is 0 Å². The predicted octanol–water partition coefficient (Wildman–Crippen LogP) is 2.09. The molecule has 1 aliphatic rings. The molecule has 2 amide bonds. The fourth-order valence-electron chi connectivity index (χ4n) is 3.37. The van der Waals surface area contributed by atoms with E-state index in [4.69, 9.17) is 18.9 Å². The highest BCUT2D eigenvalue weighted by Crippen LogP contribution is 2.06. The second-order valence-electron chi connectivity index (χ2n) is 9.33. The molecule has 1 aromatic carbocycles. The lowest BCUT2D eigenvalue weighted by molar-refractivity contribution is 0.0459. The maximum atomic E-state index is 11.7. The van der Waals surface area contributed by atoms with Crippen molar-refractivity contribution in [3.8, 4) is 0 Å². The quantitative estimate of drug-likeness (QED) is 0.379. The number of rotatable bonds is 14. The van der Waals surface area contributed by atoms with E-state index in [2.05, 4.69) is 20.4 Å². The number of amides is 2. The van der Waals surface area contributed by atoms with Crippen LogP contribution in [-0.2, 0) is 25.6 Å². The largest absolute Gasteiger partial charge is 0.445 e. The number of nitrogens with zero attached hydrogens (tertiary/aromatic N) is 2. The van der Waals surface area contributed by atoms with Gasteiger partial charge in [-0.05, 0) is 26.3 Å². The molecule has 10 nitrogen and oxygen atoms in total. The topological polar surface area (TPSA) is 102 Å². The van der Waals surface area contributed by atoms with Crippen molar-refractivity contribution in [1.29, 1.82) is 0 Å². The minimum absolute atomic E-state index is 0.261. The molecule has 1 fully saturated rings. The van der Waals surface area contributed by atoms with E-state index in [1.165, 1.54) is 0 Å². The first kappa shape index (κ1) is 28.8. The second kappa shape index (κ2) is 16.3. The number of carbonyl (C=O) groups excluding carboxylic acids is 2. The van der Waals surface area contributed by atoms with Gasteiger partial charge in [-0.3, -0.25) is 9.80 Å². The van der Waals surface area contributed by atoms with Crippen LogP contribution >= 0.6 is 0 Å². The summed E-state index contributed by atoms with van der Waals surface area (Å²) >= 11 is 0. The molecule has 0 aromatic heterocycles. The van der Waals surface area contributed by atoms with Crippen molar-refractivity contribution >= 4 is 12.2 Å². The molecule has 0 radical (unpaired) electrons. The molecule has 0 bridgehead atoms. The van der Waals surface area contributed by atoms with Crippen LogP contribution in [0.3, 0.4) is 0 Å². The minimum atomic E-state index is -0.491. The maximum Gasteiger partial charge on any atom is 0.407 e. The van der Waals surface area contributed by atoms with Crippen LogP contribution in [0.5, 0.6) is 0 Å². The fraction of sp³-hybridized carbons (Fsp3) is 0.680. The Balaban J connectivity index is 1.37. The molecule has 0 saturated carbocycles. The van der Waals surface area contributed by atoms with Crippen LogP contribution in [0.4, 0.5) is 9.59 Å². The molecule has 1 heterocycles. The van der Waals surface area contributed by atoms with Gasteiger partial charge in [-0.25, -0.2) is 9.59 Å². The lowest BCUT2D eigenvalue weighted by atomic mass is 10.2. The molecule has 1 aliphatic heterocycles. The van der Waals surface area contributed by atoms with Crippen molar-refractivity contribution in [1.82, 2.24) is 20.4 Å². The Bertz CT molecular complexity index is 720. The van der Waals surface area contributed by atoms with Crippen molar-refractivity contribution in [2.24, 2.45) is 0 Å². The lowest BCUT2D eigenvalue weighted by Gasteiger charge is -2.34. The number of carbonyl (C=O) groups is 2. The van der Waals surface area contributed by atoms with E-state index in [-0.39, 0.29) is 6.61 Å². The maximum absolute atomic E-state index is 11.7. The summed E-state index contributed by atoms with van der Waals surface area (Å²) in [7, 11) is 0. The van der Waals surface area contributed by atoms with Gasteiger partial charge in [0.1, 0.15) is 12.2 Å². The van der Waals surface area contributed by atoms with E-state index >= 15 is 0 Å². The summed E-state index contributed by atoms with van der Waals surface area (Å²) in [6, 6.07) is 9.58. The van der Waals surface area contributed by atoms with Gasteiger partial charge < -0.3 is 29.6 Å². The molecule has 1 saturated heterocycles. The molecular formula is C25H42N4O6. The summed E-state index contributed by atoms with van der Waals surface area (Å²) in [4.78, 5) is 28.0. The van der Waals surface area contributed by atoms with Crippen molar-refractivity contribution < 1.29 is 28.5 Å². The Morgan fingerprint density at radius 3 is 1.83 bits per heavy atom. The first-order valence-electron chi connectivity index (χ1n) is 12.3. The molecule has 0 aliphatic carbocycles. The third-order valence-corrected chi connectivity index (χ3v) is 5.21. The van der Waals surface area contributed by atoms with Crippen LogP contribution in [0.15, 0.2) is 30.3 Å². The van der Waals surface area contributed by atoms with Crippen molar-refractivity contribution in [3.05, 3.63) is 35.9 Å². The summed E-state index contributed by atoms with van der Waals surface area (Å²) in [5, 5.41) is 5.39. The average Bonchev–Trinajstić information content (AvgIpc) is 2.82. The van der Waals surface area contributed by atoms with Crippen LogP contribution in [0.2, 0.25) is 0 Å². The highest BCUT2D eigenvalue weighted by molar-refractivity contribution is 5.67. The van der Waals surface area contributed by atoms with Gasteiger partial charge in [-0.15, -0.1) is 0 Å². The third kappa shape index (κ3) is 14.6. The number of hydrogen-bond donors (Lipinski definition) is 2. The first-order chi connectivity index (χ1) is 16.8. The molecular weight excluding hydrogens is 452 g/mol. The number of hydrogen-bond acceptors (Lipinski definition) is 8. The van der Waals surface area contributed by atoms with Gasteiger partial charge in [0.05, 0.1) is 26.4 Å². The Hall–Kier alpha value is -2.40. The van der Waals surface area contributed by atoms with Gasteiger partial charge >= 0.3 is 12.2 Å². The van der Waals surface area contributed by atoms with Crippen molar-refractivity contribution in [2.75, 3.05) is 78.8 Å². The highest BCUT2D eigenvalue weighted by atomic mass is 16.6. The summed E-state index contributed by atoms with van der Waals surface area (Å²) < 4.78 is 21.6. The Labute approximate surface area is 209 Å². The summed E-state index contributed by atoms with van der Waals surface area (Å²) in [5.41, 5.74) is 0.466. The van der Waals surface area contributed by atoms with Crippen LogP contribution in [-0.4, -0.2) is 106 Å². The summed E-state index contributed by atoms with van der Waals surface area (Å²) in [6.45, 7) is 14.6. The Kier molecular flexibility index (Phi) is 13.4. The Morgan fingerprint density at radius 2 is 1.31 bits per heavy atom. The molecule has 0 unspecified atom stereocenters. The third-order valence-electron chi connectivity index (χ3n) is 5.21. The van der Waals surface area contributed by atoms with E-state index in [0.29, 0.717) is 39.5 Å². The average molecular weight is 495 g/mol. The van der Waals surface area contributed by atoms with Crippen LogP contribution < -0.4 is 10.6 Å². The molecule has 35 heavy (non-hydrogen) atoms. The number of piperazine rings is 1. The van der Waals surface area contributed by atoms with Crippen molar-refractivity contribution in [2.45, 2.75) is 33.0 Å². The van der Waals surface area contributed by atoms with Gasteiger partial charge in [-0.1, -0.05) is 30.3 Å². The van der Waals surface area contributed by atoms with Gasteiger partial charge in [0.2, 0.25) is 0 Å². The van der Waals surface area contributed by atoms with E-state index in [1.54, 1.807) is 0 Å². The SMILES string of the molecule is CC(C)(C)OC(=O)NCCOCCN1CCN(CCOCCNC(=O)OCc2ccccc2)CC1. The smallest absolute Gasteiger partial charge is 0.407 e. The number of alkyl carbamates (subject to hydrolysis) is 2. The van der Waals surface area contributed by atoms with Gasteiger partial charge in [-0.2, -0.15) is 0 Å². The normalized spacial score (nSPS) is 14.9. The zero-order chi connectivity index (χ0) is 25.4. The van der Waals surface area contributed by atoms with E-state index in [9.17, 15) is 9.59 Å². The molecule has 1 aromatic rings. The fourth-order valence-corrected chi connectivity index (χ4v) is 3.37. The lowest BCUT2D eigenvalue weighted by Crippen LogP contribution is -2.48. The standard InChI is InChI=1S/C25H42N4O6/c1-25(2,3)35-24(31)27-10-18-33-20-16-29-13-11-28(12-14-29)15-19-32-17-9-26-23(30)34-21-22-7-5-4-6-8-22/h4-8H,9-21H2,1-3H3,(H,26,30)(H,27,31). The number of ether oxygens (including phenoxy) is 4. The molecule has 10 heteroatoms. The molecule has 2 N–H and O–H groups in total. The van der Waals surface area contributed by atoms with Gasteiger partial charge in [0.15, 0.2) is 0 Å². The first-order valence-corrected chi connectivity index (χ1v) is 12.3.